The Morgan fingerprint density at radius 2 is 1.93 bits per heavy atom. The number of carboxylic acid groups (broad SMARTS) is 1. The first-order chi connectivity index (χ1) is 12.9. The molecule has 140 valence electrons. The van der Waals surface area contributed by atoms with Crippen molar-refractivity contribution in [2.75, 3.05) is 12.4 Å². The van der Waals surface area contributed by atoms with E-state index in [0.29, 0.717) is 38.2 Å². The highest BCUT2D eigenvalue weighted by atomic mass is 35.5. The van der Waals surface area contributed by atoms with Crippen LogP contribution in [-0.2, 0) is 4.79 Å². The number of benzene rings is 2. The van der Waals surface area contributed by atoms with Crippen molar-refractivity contribution in [3.05, 3.63) is 46.7 Å². The Kier molecular flexibility index (Phi) is 5.53. The third-order valence-electron chi connectivity index (χ3n) is 3.75. The SMILES string of the molecule is COc1cc2c(Nc3ccc(Cl)c(Cl)c3)ncnc2cc1OC(C)C(=O)O. The first-order valence-electron chi connectivity index (χ1n) is 7.83. The number of carboxylic acids is 1. The molecule has 3 rings (SSSR count). The van der Waals surface area contributed by atoms with Crippen LogP contribution < -0.4 is 14.8 Å². The molecule has 2 aromatic carbocycles. The molecule has 7 nitrogen and oxygen atoms in total. The maximum absolute atomic E-state index is 11.1. The molecule has 3 aromatic rings. The summed E-state index contributed by atoms with van der Waals surface area (Å²) in [6.07, 6.45) is 0.353. The van der Waals surface area contributed by atoms with Gasteiger partial charge in [0.25, 0.3) is 0 Å². The Bertz CT molecular complexity index is 1010. The molecule has 0 aliphatic heterocycles. The molecule has 0 fully saturated rings. The zero-order valence-corrected chi connectivity index (χ0v) is 15.9. The van der Waals surface area contributed by atoms with Gasteiger partial charge in [0.2, 0.25) is 0 Å². The molecule has 9 heteroatoms. The van der Waals surface area contributed by atoms with E-state index in [0.717, 1.165) is 0 Å². The number of methoxy groups -OCH3 is 1. The van der Waals surface area contributed by atoms with E-state index in [1.54, 1.807) is 30.3 Å². The number of carbonyl (C=O) groups is 1. The fourth-order valence-electron chi connectivity index (χ4n) is 2.37. The first-order valence-corrected chi connectivity index (χ1v) is 8.59. The second-order valence-electron chi connectivity index (χ2n) is 5.59. The summed E-state index contributed by atoms with van der Waals surface area (Å²) in [6.45, 7) is 1.43. The van der Waals surface area contributed by atoms with E-state index >= 15 is 0 Å². The molecule has 2 N–H and O–H groups in total. The summed E-state index contributed by atoms with van der Waals surface area (Å²) in [5.74, 6) is 0.0815. The van der Waals surface area contributed by atoms with Crippen LogP contribution in [-0.4, -0.2) is 34.3 Å². The van der Waals surface area contributed by atoms with Crippen LogP contribution in [0.3, 0.4) is 0 Å². The zero-order valence-electron chi connectivity index (χ0n) is 14.4. The van der Waals surface area contributed by atoms with Gasteiger partial charge in [-0.15, -0.1) is 0 Å². The van der Waals surface area contributed by atoms with Crippen LogP contribution >= 0.6 is 23.2 Å². The number of fused-ring (bicyclic) bond motifs is 1. The number of anilines is 2. The van der Waals surface area contributed by atoms with Gasteiger partial charge >= 0.3 is 5.97 Å². The highest BCUT2D eigenvalue weighted by molar-refractivity contribution is 6.42. The lowest BCUT2D eigenvalue weighted by atomic mass is 10.2. The van der Waals surface area contributed by atoms with Crippen molar-refractivity contribution in [2.45, 2.75) is 13.0 Å². The molecule has 0 saturated carbocycles. The van der Waals surface area contributed by atoms with Gasteiger partial charge in [-0.1, -0.05) is 23.2 Å². The van der Waals surface area contributed by atoms with Crippen molar-refractivity contribution in [3.63, 3.8) is 0 Å². The van der Waals surface area contributed by atoms with Gasteiger partial charge in [0.05, 0.1) is 22.7 Å². The summed E-state index contributed by atoms with van der Waals surface area (Å²) in [5, 5.41) is 13.7. The maximum Gasteiger partial charge on any atom is 0.344 e. The minimum Gasteiger partial charge on any atom is -0.493 e. The van der Waals surface area contributed by atoms with Crippen molar-refractivity contribution < 1.29 is 19.4 Å². The van der Waals surface area contributed by atoms with Crippen molar-refractivity contribution in [2.24, 2.45) is 0 Å². The highest BCUT2D eigenvalue weighted by Crippen LogP contribution is 2.35. The Hall–Kier alpha value is -2.77. The number of nitrogens with zero attached hydrogens (tertiary/aromatic N) is 2. The fourth-order valence-corrected chi connectivity index (χ4v) is 2.66. The molecule has 1 heterocycles. The van der Waals surface area contributed by atoms with Crippen LogP contribution in [0.1, 0.15) is 6.92 Å². The molecule has 0 saturated heterocycles. The average Bonchev–Trinajstić information content (AvgIpc) is 2.64. The van der Waals surface area contributed by atoms with Crippen molar-refractivity contribution in [1.29, 1.82) is 0 Å². The van der Waals surface area contributed by atoms with Gasteiger partial charge in [-0.25, -0.2) is 14.8 Å². The fraction of sp³-hybridized carbons (Fsp3) is 0.167. The summed E-state index contributed by atoms with van der Waals surface area (Å²) in [4.78, 5) is 19.5. The van der Waals surface area contributed by atoms with Crippen LogP contribution in [0.4, 0.5) is 11.5 Å². The van der Waals surface area contributed by atoms with Crippen molar-refractivity contribution >= 4 is 51.6 Å². The van der Waals surface area contributed by atoms with E-state index in [9.17, 15) is 4.79 Å². The lowest BCUT2D eigenvalue weighted by Gasteiger charge is -2.15. The maximum atomic E-state index is 11.1. The van der Waals surface area contributed by atoms with Gasteiger partial charge in [-0.05, 0) is 31.2 Å². The van der Waals surface area contributed by atoms with E-state index in [1.807, 2.05) is 0 Å². The molecular formula is C18H15Cl2N3O4. The van der Waals surface area contributed by atoms with Gasteiger partial charge in [0.1, 0.15) is 12.1 Å². The van der Waals surface area contributed by atoms with E-state index < -0.39 is 12.1 Å². The number of ether oxygens (including phenoxy) is 2. The average molecular weight is 408 g/mol. The van der Waals surface area contributed by atoms with Gasteiger partial charge < -0.3 is 19.9 Å². The topological polar surface area (TPSA) is 93.6 Å². The van der Waals surface area contributed by atoms with E-state index in [-0.39, 0.29) is 5.75 Å². The second kappa shape index (κ2) is 7.85. The number of rotatable bonds is 6. The minimum absolute atomic E-state index is 0.277. The van der Waals surface area contributed by atoms with Crippen molar-refractivity contribution in [1.82, 2.24) is 9.97 Å². The van der Waals surface area contributed by atoms with Crippen LogP contribution in [0.2, 0.25) is 10.0 Å². The third-order valence-corrected chi connectivity index (χ3v) is 4.49. The van der Waals surface area contributed by atoms with E-state index in [2.05, 4.69) is 15.3 Å². The van der Waals surface area contributed by atoms with Crippen LogP contribution in [0.5, 0.6) is 11.5 Å². The van der Waals surface area contributed by atoms with E-state index in [1.165, 1.54) is 20.4 Å². The molecule has 1 aromatic heterocycles. The second-order valence-corrected chi connectivity index (χ2v) is 6.41. The largest absolute Gasteiger partial charge is 0.493 e. The van der Waals surface area contributed by atoms with E-state index in [4.69, 9.17) is 37.8 Å². The molecule has 0 radical (unpaired) electrons. The number of aromatic nitrogens is 2. The number of hydrogen-bond donors (Lipinski definition) is 2. The quantitative estimate of drug-likeness (QED) is 0.619. The van der Waals surface area contributed by atoms with Gasteiger partial charge in [-0.2, -0.15) is 0 Å². The van der Waals surface area contributed by atoms with Gasteiger partial charge in [-0.3, -0.25) is 0 Å². The Labute approximate surface area is 164 Å². The van der Waals surface area contributed by atoms with Gasteiger partial charge in [0, 0.05) is 17.1 Å². The number of hydrogen-bond acceptors (Lipinski definition) is 6. The molecule has 0 amide bonds. The Morgan fingerprint density at radius 3 is 2.59 bits per heavy atom. The minimum atomic E-state index is -1.08. The summed E-state index contributed by atoms with van der Waals surface area (Å²) < 4.78 is 10.8. The Balaban J connectivity index is 2.02. The monoisotopic (exact) mass is 407 g/mol. The molecule has 0 spiro atoms. The standard InChI is InChI=1S/C18H15Cl2N3O4/c1-9(18(24)25)27-16-7-14-11(6-15(16)26-2)17(22-8-21-14)23-10-3-4-12(19)13(20)5-10/h3-9H,1-2H3,(H,24,25)(H,21,22,23). The molecular weight excluding hydrogens is 393 g/mol. The summed E-state index contributed by atoms with van der Waals surface area (Å²) in [5.41, 5.74) is 1.25. The smallest absolute Gasteiger partial charge is 0.344 e. The van der Waals surface area contributed by atoms with Gasteiger partial charge in [0.15, 0.2) is 17.6 Å². The predicted octanol–water partition coefficient (Wildman–Crippen LogP) is 4.54. The van der Waals surface area contributed by atoms with Crippen LogP contribution in [0.25, 0.3) is 10.9 Å². The highest BCUT2D eigenvalue weighted by Gasteiger charge is 2.18. The zero-order chi connectivity index (χ0) is 19.6. The lowest BCUT2D eigenvalue weighted by Crippen LogP contribution is -2.23. The van der Waals surface area contributed by atoms with Crippen molar-refractivity contribution in [3.8, 4) is 11.5 Å². The number of nitrogens with one attached hydrogen (secondary N) is 1. The summed E-state index contributed by atoms with van der Waals surface area (Å²) in [7, 11) is 1.47. The molecule has 27 heavy (non-hydrogen) atoms. The molecule has 1 unspecified atom stereocenters. The molecule has 1 atom stereocenters. The van der Waals surface area contributed by atoms with Crippen LogP contribution in [0.15, 0.2) is 36.7 Å². The summed E-state index contributed by atoms with van der Waals surface area (Å²) >= 11 is 12.0. The number of halogens is 2. The molecule has 0 aliphatic carbocycles. The summed E-state index contributed by atoms with van der Waals surface area (Å²) in [6, 6.07) is 8.41. The third kappa shape index (κ3) is 4.15. The number of aliphatic carboxylic acids is 1. The molecule has 0 bridgehead atoms. The Morgan fingerprint density at radius 1 is 1.15 bits per heavy atom. The first kappa shape index (κ1) is 19.0. The normalized spacial score (nSPS) is 11.9. The van der Waals surface area contributed by atoms with Crippen LogP contribution in [0, 0.1) is 0 Å². The predicted molar refractivity (Wildman–Crippen MR) is 104 cm³/mol. The molecule has 0 aliphatic rings. The lowest BCUT2D eigenvalue weighted by molar-refractivity contribution is -0.144.